The van der Waals surface area contributed by atoms with Crippen molar-refractivity contribution in [1.82, 2.24) is 9.97 Å². The number of ether oxygens (including phenoxy) is 6. The molecule has 4 aromatic carbocycles. The van der Waals surface area contributed by atoms with Gasteiger partial charge in [-0.05, 0) is 68.8 Å². The molecule has 6 aromatic rings. The Bertz CT molecular complexity index is 2000. The van der Waals surface area contributed by atoms with Gasteiger partial charge < -0.3 is 28.4 Å². The highest BCUT2D eigenvalue weighted by Gasteiger charge is 2.22. The normalized spacial score (nSPS) is 14.6. The standard InChI is InChI=1S/C46H44N2O6/c1-3-19-47-41(17-1)31-53-45-37-13-7-15-39(45)30-40-16-8-14-38(46(40)54-32-42-18-2-4-20-48-42)29-36-12-6-10-34-27-33-9-5-11-35(28-37)43(33)51-25-23-49-21-22-50-24-26-52-44(34)36/h1-20H,21-32H2. The lowest BCUT2D eigenvalue weighted by Gasteiger charge is -2.22. The molecule has 8 rings (SSSR count). The van der Waals surface area contributed by atoms with Crippen molar-refractivity contribution in [3.8, 4) is 23.0 Å². The van der Waals surface area contributed by atoms with Gasteiger partial charge in [0.15, 0.2) is 0 Å². The van der Waals surface area contributed by atoms with Crippen molar-refractivity contribution < 1.29 is 28.4 Å². The summed E-state index contributed by atoms with van der Waals surface area (Å²) in [6, 6.07) is 37.5. The summed E-state index contributed by atoms with van der Waals surface area (Å²) in [5.74, 6) is 3.42. The van der Waals surface area contributed by atoms with Crippen LogP contribution >= 0.6 is 0 Å². The number of aromatic nitrogens is 2. The van der Waals surface area contributed by atoms with Crippen LogP contribution in [0, 0.1) is 0 Å². The molecule has 0 N–H and O–H groups in total. The van der Waals surface area contributed by atoms with Crippen molar-refractivity contribution in [1.29, 1.82) is 0 Å². The quantitative estimate of drug-likeness (QED) is 0.171. The van der Waals surface area contributed by atoms with Crippen molar-refractivity contribution in [3.05, 3.63) is 177 Å². The molecule has 3 heterocycles. The van der Waals surface area contributed by atoms with Crippen LogP contribution < -0.4 is 18.9 Å². The van der Waals surface area contributed by atoms with Crippen molar-refractivity contribution in [3.63, 3.8) is 0 Å². The van der Waals surface area contributed by atoms with Crippen LogP contribution in [0.2, 0.25) is 0 Å². The van der Waals surface area contributed by atoms with Crippen LogP contribution in [0.25, 0.3) is 0 Å². The van der Waals surface area contributed by atoms with Crippen LogP contribution in [-0.2, 0) is 48.4 Å². The lowest BCUT2D eigenvalue weighted by Crippen LogP contribution is -2.14. The van der Waals surface area contributed by atoms with Crippen LogP contribution in [0.15, 0.2) is 122 Å². The molecule has 8 heteroatoms. The summed E-state index contributed by atoms with van der Waals surface area (Å²) < 4.78 is 38.5. The fourth-order valence-corrected chi connectivity index (χ4v) is 7.21. The molecule has 54 heavy (non-hydrogen) atoms. The van der Waals surface area contributed by atoms with E-state index in [1.165, 1.54) is 0 Å². The van der Waals surface area contributed by atoms with E-state index in [-0.39, 0.29) is 0 Å². The van der Waals surface area contributed by atoms with E-state index >= 15 is 0 Å². The third kappa shape index (κ3) is 8.57. The summed E-state index contributed by atoms with van der Waals surface area (Å²) in [6.45, 7) is 3.43. The summed E-state index contributed by atoms with van der Waals surface area (Å²) in [4.78, 5) is 9.11. The zero-order valence-corrected chi connectivity index (χ0v) is 30.4. The molecule has 0 unspecified atom stereocenters. The molecule has 2 aliphatic rings. The molecule has 1 aliphatic heterocycles. The first-order valence-electron chi connectivity index (χ1n) is 18.7. The topological polar surface area (TPSA) is 81.2 Å². The molecule has 0 atom stereocenters. The van der Waals surface area contributed by atoms with E-state index in [0.717, 1.165) is 78.9 Å². The second-order valence-electron chi connectivity index (χ2n) is 13.5. The minimum atomic E-state index is 0.343. The minimum Gasteiger partial charge on any atom is -0.491 e. The van der Waals surface area contributed by atoms with Gasteiger partial charge in [-0.15, -0.1) is 0 Å². The molecule has 0 saturated heterocycles. The molecule has 8 nitrogen and oxygen atoms in total. The highest BCUT2D eigenvalue weighted by Crippen LogP contribution is 2.39. The Kier molecular flexibility index (Phi) is 11.4. The number of fused-ring (bicyclic) bond motifs is 4. The Balaban J connectivity index is 1.29. The zero-order chi connectivity index (χ0) is 36.4. The van der Waals surface area contributed by atoms with E-state index in [2.05, 4.69) is 82.8 Å². The number of para-hydroxylation sites is 4. The van der Waals surface area contributed by atoms with Gasteiger partial charge >= 0.3 is 0 Å². The zero-order valence-electron chi connectivity index (χ0n) is 30.4. The van der Waals surface area contributed by atoms with E-state index in [4.69, 9.17) is 28.4 Å². The summed E-state index contributed by atoms with van der Waals surface area (Å²) in [7, 11) is 0. The van der Waals surface area contributed by atoms with Gasteiger partial charge in [0, 0.05) is 38.1 Å². The summed E-state index contributed by atoms with van der Waals surface area (Å²) in [5.41, 5.74) is 10.3. The molecule has 2 aromatic heterocycles. The van der Waals surface area contributed by atoms with E-state index in [1.807, 2.05) is 36.4 Å². The predicted octanol–water partition coefficient (Wildman–Crippen LogP) is 8.12. The fraction of sp³-hybridized carbons (Fsp3) is 0.261. The molecule has 0 saturated carbocycles. The molecule has 1 aliphatic carbocycles. The Morgan fingerprint density at radius 2 is 0.741 bits per heavy atom. The predicted molar refractivity (Wildman–Crippen MR) is 207 cm³/mol. The van der Waals surface area contributed by atoms with Crippen molar-refractivity contribution >= 4 is 0 Å². The number of hydrogen-bond donors (Lipinski definition) is 0. The van der Waals surface area contributed by atoms with Gasteiger partial charge in [-0.1, -0.05) is 84.9 Å². The molecule has 0 radical (unpaired) electrons. The first-order valence-corrected chi connectivity index (χ1v) is 18.7. The minimum absolute atomic E-state index is 0.343. The number of nitrogens with zero attached hydrogens (tertiary/aromatic N) is 2. The lowest BCUT2D eigenvalue weighted by atomic mass is 9.91. The Morgan fingerprint density at radius 3 is 1.13 bits per heavy atom. The van der Waals surface area contributed by atoms with Gasteiger partial charge in [-0.3, -0.25) is 9.97 Å². The van der Waals surface area contributed by atoms with Gasteiger partial charge in [0.1, 0.15) is 49.4 Å². The van der Waals surface area contributed by atoms with Crippen LogP contribution in [0.4, 0.5) is 0 Å². The molecule has 0 fully saturated rings. The monoisotopic (exact) mass is 720 g/mol. The van der Waals surface area contributed by atoms with Crippen molar-refractivity contribution in [2.75, 3.05) is 39.6 Å². The molecule has 10 bridgehead atoms. The Hall–Kier alpha value is -5.70. The van der Waals surface area contributed by atoms with E-state index in [0.29, 0.717) is 78.5 Å². The average Bonchev–Trinajstić information content (AvgIpc) is 3.20. The van der Waals surface area contributed by atoms with Gasteiger partial charge in [0.05, 0.1) is 37.8 Å². The highest BCUT2D eigenvalue weighted by molar-refractivity contribution is 5.56. The van der Waals surface area contributed by atoms with Gasteiger partial charge in [-0.25, -0.2) is 0 Å². The first-order chi connectivity index (χ1) is 26.8. The van der Waals surface area contributed by atoms with Gasteiger partial charge in [0.25, 0.3) is 0 Å². The lowest BCUT2D eigenvalue weighted by molar-refractivity contribution is 0.0273. The Labute approximate surface area is 316 Å². The first kappa shape index (κ1) is 35.3. The Morgan fingerprint density at radius 1 is 0.389 bits per heavy atom. The third-order valence-electron chi connectivity index (χ3n) is 9.74. The second kappa shape index (κ2) is 17.4. The average molecular weight is 721 g/mol. The van der Waals surface area contributed by atoms with E-state index in [1.54, 1.807) is 12.4 Å². The van der Waals surface area contributed by atoms with Crippen LogP contribution in [0.3, 0.4) is 0 Å². The van der Waals surface area contributed by atoms with E-state index < -0.39 is 0 Å². The third-order valence-corrected chi connectivity index (χ3v) is 9.74. The molecule has 0 amide bonds. The smallest absolute Gasteiger partial charge is 0.130 e. The second-order valence-corrected chi connectivity index (χ2v) is 13.5. The van der Waals surface area contributed by atoms with Gasteiger partial charge in [-0.2, -0.15) is 0 Å². The van der Waals surface area contributed by atoms with Crippen molar-refractivity contribution in [2.24, 2.45) is 0 Å². The van der Waals surface area contributed by atoms with Gasteiger partial charge in [0.2, 0.25) is 0 Å². The van der Waals surface area contributed by atoms with E-state index in [9.17, 15) is 0 Å². The molecule has 274 valence electrons. The van der Waals surface area contributed by atoms with Crippen LogP contribution in [0.5, 0.6) is 23.0 Å². The maximum absolute atomic E-state index is 6.76. The largest absolute Gasteiger partial charge is 0.491 e. The summed E-state index contributed by atoms with van der Waals surface area (Å²) in [5, 5.41) is 0. The van der Waals surface area contributed by atoms with Crippen LogP contribution in [-0.4, -0.2) is 49.6 Å². The number of hydrogen-bond acceptors (Lipinski definition) is 8. The SMILES string of the molecule is c1ccc(COc2c3cccc2Cc2cccc(c2OCc2ccccn2)Cc2cccc4c2OCCOCCOCCOc2c(cccc2C3)C4)nc1. The number of pyridine rings is 2. The maximum atomic E-state index is 6.76. The molecular formula is C46H44N2O6. The van der Waals surface area contributed by atoms with Crippen LogP contribution in [0.1, 0.15) is 55.9 Å². The number of rotatable bonds is 6. The van der Waals surface area contributed by atoms with Crippen molar-refractivity contribution in [2.45, 2.75) is 38.9 Å². The highest BCUT2D eigenvalue weighted by atomic mass is 16.6. The molecule has 0 spiro atoms. The molecular weight excluding hydrogens is 677 g/mol. The number of benzene rings is 4. The summed E-state index contributed by atoms with van der Waals surface area (Å²) >= 11 is 0. The maximum Gasteiger partial charge on any atom is 0.130 e. The summed E-state index contributed by atoms with van der Waals surface area (Å²) in [6.07, 6.45) is 6.03. The fourth-order valence-electron chi connectivity index (χ4n) is 7.21.